The molecule has 1 aromatic heterocycles. The van der Waals surface area contributed by atoms with Crippen LogP contribution in [0.4, 0.5) is 0 Å². The first kappa shape index (κ1) is 28.0. The average molecular weight is 608 g/mol. The molecule has 2 aliphatic rings. The van der Waals surface area contributed by atoms with E-state index in [1.54, 1.807) is 53.6 Å². The van der Waals surface area contributed by atoms with E-state index in [0.717, 1.165) is 24.1 Å². The maximum Gasteiger partial charge on any atom is 0.255 e. The Kier molecular flexibility index (Phi) is 8.30. The van der Waals surface area contributed by atoms with Gasteiger partial charge in [-0.2, -0.15) is 0 Å². The van der Waals surface area contributed by atoms with Crippen molar-refractivity contribution in [1.29, 1.82) is 0 Å². The molecule has 2 amide bonds. The highest BCUT2D eigenvalue weighted by molar-refractivity contribution is 7.88. The fourth-order valence-electron chi connectivity index (χ4n) is 5.74. The lowest BCUT2D eigenvalue weighted by atomic mass is 9.76. The van der Waals surface area contributed by atoms with E-state index in [1.165, 1.54) is 11.3 Å². The summed E-state index contributed by atoms with van der Waals surface area (Å²) in [5.74, 6) is -1.36. The summed E-state index contributed by atoms with van der Waals surface area (Å²) in [4.78, 5) is 34.2. The van der Waals surface area contributed by atoms with E-state index in [4.69, 9.17) is 23.2 Å². The van der Waals surface area contributed by atoms with Gasteiger partial charge in [0.25, 0.3) is 5.91 Å². The molecular formula is C27H28Cl2N4O4S2. The highest BCUT2D eigenvalue weighted by atomic mass is 35.5. The molecule has 1 aliphatic carbocycles. The SMILES string of the molecule is CS(=O)(=O)N[C@H]1CCCCC1N1C(=O)c2ccccc2[C@@H](C(=O)NCc2nccs2)[C@@H]1c1ccc(Cl)cc1Cl. The zero-order valence-electron chi connectivity index (χ0n) is 21.1. The Labute approximate surface area is 241 Å². The van der Waals surface area contributed by atoms with Crippen molar-refractivity contribution in [3.8, 4) is 0 Å². The number of fused-ring (bicyclic) bond motifs is 1. The summed E-state index contributed by atoms with van der Waals surface area (Å²) in [5, 5.41) is 6.35. The molecule has 2 aromatic carbocycles. The summed E-state index contributed by atoms with van der Waals surface area (Å²) >= 11 is 14.4. The van der Waals surface area contributed by atoms with Crippen LogP contribution in [-0.4, -0.2) is 48.5 Å². The van der Waals surface area contributed by atoms with E-state index in [1.807, 2.05) is 5.38 Å². The average Bonchev–Trinajstić information content (AvgIpc) is 3.41. The number of carbonyl (C=O) groups is 2. The second-order valence-corrected chi connectivity index (χ2v) is 13.5. The van der Waals surface area contributed by atoms with Crippen LogP contribution >= 0.6 is 34.5 Å². The Morgan fingerprint density at radius 3 is 2.62 bits per heavy atom. The monoisotopic (exact) mass is 606 g/mol. The Morgan fingerprint density at radius 1 is 1.13 bits per heavy atom. The molecule has 1 aliphatic heterocycles. The van der Waals surface area contributed by atoms with Crippen molar-refractivity contribution in [2.75, 3.05) is 6.26 Å². The molecule has 8 nitrogen and oxygen atoms in total. The van der Waals surface area contributed by atoms with Gasteiger partial charge >= 0.3 is 0 Å². The third kappa shape index (κ3) is 6.00. The molecule has 0 radical (unpaired) electrons. The number of benzene rings is 2. The number of halogens is 2. The lowest BCUT2D eigenvalue weighted by Crippen LogP contribution is -2.59. The first-order valence-corrected chi connectivity index (χ1v) is 16.2. The number of aromatic nitrogens is 1. The van der Waals surface area contributed by atoms with Crippen LogP contribution in [0.2, 0.25) is 10.0 Å². The summed E-state index contributed by atoms with van der Waals surface area (Å²) in [5.41, 5.74) is 1.58. The lowest BCUT2D eigenvalue weighted by molar-refractivity contribution is -0.124. The number of hydrogen-bond donors (Lipinski definition) is 2. The van der Waals surface area contributed by atoms with Gasteiger partial charge in [-0.1, -0.05) is 60.3 Å². The number of amides is 2. The molecular weight excluding hydrogens is 579 g/mol. The summed E-state index contributed by atoms with van der Waals surface area (Å²) < 4.78 is 27.4. The van der Waals surface area contributed by atoms with Gasteiger partial charge in [-0.25, -0.2) is 18.1 Å². The Morgan fingerprint density at radius 2 is 1.90 bits per heavy atom. The fourth-order valence-corrected chi connectivity index (χ4v) is 7.64. The van der Waals surface area contributed by atoms with Gasteiger partial charge in [0.1, 0.15) is 5.01 Å². The first-order valence-electron chi connectivity index (χ1n) is 12.6. The van der Waals surface area contributed by atoms with Crippen molar-refractivity contribution in [3.05, 3.63) is 85.8 Å². The van der Waals surface area contributed by atoms with Crippen molar-refractivity contribution in [2.24, 2.45) is 0 Å². The molecule has 0 spiro atoms. The molecule has 206 valence electrons. The molecule has 5 rings (SSSR count). The molecule has 1 fully saturated rings. The van der Waals surface area contributed by atoms with Crippen LogP contribution in [0.5, 0.6) is 0 Å². The quantitative estimate of drug-likeness (QED) is 0.397. The molecule has 39 heavy (non-hydrogen) atoms. The number of sulfonamides is 1. The summed E-state index contributed by atoms with van der Waals surface area (Å²) in [6, 6.07) is 10.3. The van der Waals surface area contributed by atoms with Gasteiger partial charge < -0.3 is 10.2 Å². The Hall–Kier alpha value is -2.50. The van der Waals surface area contributed by atoms with Crippen molar-refractivity contribution in [1.82, 2.24) is 19.9 Å². The number of rotatable bonds is 7. The minimum absolute atomic E-state index is 0.242. The van der Waals surface area contributed by atoms with Gasteiger partial charge in [-0.3, -0.25) is 9.59 Å². The van der Waals surface area contributed by atoms with Gasteiger partial charge in [0.2, 0.25) is 15.9 Å². The smallest absolute Gasteiger partial charge is 0.255 e. The van der Waals surface area contributed by atoms with Crippen LogP contribution in [0, 0.1) is 0 Å². The second-order valence-electron chi connectivity index (χ2n) is 9.88. The zero-order chi connectivity index (χ0) is 27.7. The molecule has 1 saturated carbocycles. The highest BCUT2D eigenvalue weighted by Gasteiger charge is 2.49. The van der Waals surface area contributed by atoms with Gasteiger partial charge in [-0.15, -0.1) is 11.3 Å². The zero-order valence-corrected chi connectivity index (χ0v) is 24.3. The number of hydrogen-bond acceptors (Lipinski definition) is 6. The van der Waals surface area contributed by atoms with Crippen molar-refractivity contribution >= 4 is 56.4 Å². The van der Waals surface area contributed by atoms with Crippen molar-refractivity contribution in [2.45, 2.75) is 56.3 Å². The molecule has 2 N–H and O–H groups in total. The second kappa shape index (κ2) is 11.5. The van der Waals surface area contributed by atoms with Gasteiger partial charge in [0, 0.05) is 39.3 Å². The molecule has 4 atom stereocenters. The summed E-state index contributed by atoms with van der Waals surface area (Å²) in [6.45, 7) is 0.242. The molecule has 3 aromatic rings. The third-order valence-corrected chi connectivity index (χ3v) is 9.36. The number of thiazole rings is 1. The highest BCUT2D eigenvalue weighted by Crippen LogP contribution is 2.47. The van der Waals surface area contributed by atoms with Crippen molar-refractivity contribution < 1.29 is 18.0 Å². The summed E-state index contributed by atoms with van der Waals surface area (Å²) in [7, 11) is -3.55. The Bertz CT molecular complexity index is 1480. The third-order valence-electron chi connectivity index (χ3n) is 7.29. The maximum atomic E-state index is 14.2. The van der Waals surface area contributed by atoms with E-state index in [0.29, 0.717) is 39.6 Å². The minimum atomic E-state index is -3.55. The van der Waals surface area contributed by atoms with Crippen LogP contribution in [0.1, 0.15) is 64.1 Å². The normalized spacial score (nSPS) is 23.4. The van der Waals surface area contributed by atoms with E-state index in [-0.39, 0.29) is 18.4 Å². The van der Waals surface area contributed by atoms with Crippen LogP contribution in [0.3, 0.4) is 0 Å². The molecule has 0 saturated heterocycles. The molecule has 2 heterocycles. The van der Waals surface area contributed by atoms with Crippen LogP contribution < -0.4 is 10.0 Å². The number of nitrogens with zero attached hydrogens (tertiary/aromatic N) is 2. The number of nitrogens with one attached hydrogen (secondary N) is 2. The molecule has 12 heteroatoms. The van der Waals surface area contributed by atoms with Crippen LogP contribution in [0.15, 0.2) is 54.0 Å². The molecule has 1 unspecified atom stereocenters. The fraction of sp³-hybridized carbons (Fsp3) is 0.370. The maximum absolute atomic E-state index is 14.2. The Balaban J connectivity index is 1.66. The summed E-state index contributed by atoms with van der Waals surface area (Å²) in [6.07, 6.45) is 5.60. The topological polar surface area (TPSA) is 108 Å². The standard InChI is InChI=1S/C27H28Cl2N4O4S2/c1-39(36,37)32-21-8-4-5-9-22(21)33-25(19-11-10-16(28)14-20(19)29)24(17-6-2-3-7-18(17)27(33)35)26(34)31-15-23-30-12-13-38-23/h2-3,6-7,10-14,21-22,24-25,32H,4-5,8-9,15H2,1H3,(H,31,34)/t21-,22?,24+,25-/m0/s1. The van der Waals surface area contributed by atoms with Gasteiger partial charge in [0.05, 0.1) is 24.8 Å². The van der Waals surface area contributed by atoms with Crippen molar-refractivity contribution in [3.63, 3.8) is 0 Å². The lowest BCUT2D eigenvalue weighted by Gasteiger charge is -2.49. The van der Waals surface area contributed by atoms with Gasteiger partial charge in [-0.05, 0) is 42.2 Å². The van der Waals surface area contributed by atoms with E-state index in [9.17, 15) is 18.0 Å². The van der Waals surface area contributed by atoms with Gasteiger partial charge in [0.15, 0.2) is 0 Å². The largest absolute Gasteiger partial charge is 0.349 e. The predicted molar refractivity (Wildman–Crippen MR) is 153 cm³/mol. The van der Waals surface area contributed by atoms with E-state index in [2.05, 4.69) is 15.0 Å². The van der Waals surface area contributed by atoms with E-state index < -0.39 is 34.1 Å². The van der Waals surface area contributed by atoms with Crippen LogP contribution in [0.25, 0.3) is 0 Å². The van der Waals surface area contributed by atoms with Crippen LogP contribution in [-0.2, 0) is 21.4 Å². The first-order chi connectivity index (χ1) is 18.6. The number of carbonyl (C=O) groups excluding carboxylic acids is 2. The minimum Gasteiger partial charge on any atom is -0.349 e. The van der Waals surface area contributed by atoms with E-state index >= 15 is 0 Å². The molecule has 0 bridgehead atoms. The predicted octanol–water partition coefficient (Wildman–Crippen LogP) is 4.91.